The van der Waals surface area contributed by atoms with Gasteiger partial charge in [0.1, 0.15) is 11.0 Å². The van der Waals surface area contributed by atoms with Gasteiger partial charge in [0, 0.05) is 6.08 Å². The number of thiazole rings is 1. The van der Waals surface area contributed by atoms with Crippen LogP contribution in [0.15, 0.2) is 30.3 Å². The normalized spacial score (nSPS) is 12.3. The first kappa shape index (κ1) is 20.6. The van der Waals surface area contributed by atoms with Gasteiger partial charge in [0.25, 0.3) is 5.91 Å². The van der Waals surface area contributed by atoms with Crippen molar-refractivity contribution in [2.45, 2.75) is 26.3 Å². The molecule has 1 heterocycles. The molecule has 0 saturated heterocycles. The summed E-state index contributed by atoms with van der Waals surface area (Å²) in [6.07, 6.45) is 3.20. The van der Waals surface area contributed by atoms with Crippen LogP contribution in [0.2, 0.25) is 0 Å². The fourth-order valence-electron chi connectivity index (χ4n) is 2.35. The van der Waals surface area contributed by atoms with Crippen LogP contribution in [0.1, 0.15) is 25.3 Å². The van der Waals surface area contributed by atoms with Crippen molar-refractivity contribution in [1.82, 2.24) is 10.3 Å². The Morgan fingerprint density at radius 2 is 2.00 bits per heavy atom. The average molecular weight is 390 g/mol. The van der Waals surface area contributed by atoms with Gasteiger partial charge >= 0.3 is 11.9 Å². The zero-order valence-corrected chi connectivity index (χ0v) is 16.2. The van der Waals surface area contributed by atoms with Crippen LogP contribution in [-0.4, -0.2) is 42.6 Å². The highest BCUT2D eigenvalue weighted by Gasteiger charge is 2.22. The smallest absolute Gasteiger partial charge is 0.331 e. The molecule has 0 fully saturated rings. The van der Waals surface area contributed by atoms with Crippen LogP contribution in [-0.2, 0) is 23.9 Å². The van der Waals surface area contributed by atoms with Crippen LogP contribution < -0.4 is 5.32 Å². The fraction of sp³-hybridized carbons (Fsp3) is 0.368. The molecule has 0 radical (unpaired) electrons. The number of para-hydroxylation sites is 1. The first-order chi connectivity index (χ1) is 12.9. The Labute approximate surface area is 161 Å². The number of methoxy groups -OCH3 is 1. The molecule has 144 valence electrons. The number of nitrogens with zero attached hydrogens (tertiary/aromatic N) is 1. The predicted molar refractivity (Wildman–Crippen MR) is 103 cm³/mol. The van der Waals surface area contributed by atoms with Gasteiger partial charge in [0.05, 0.1) is 17.3 Å². The van der Waals surface area contributed by atoms with E-state index in [1.54, 1.807) is 6.08 Å². The van der Waals surface area contributed by atoms with E-state index in [2.05, 4.69) is 15.0 Å². The van der Waals surface area contributed by atoms with Gasteiger partial charge < -0.3 is 14.8 Å². The van der Waals surface area contributed by atoms with Gasteiger partial charge in [-0.1, -0.05) is 26.0 Å². The van der Waals surface area contributed by atoms with E-state index in [-0.39, 0.29) is 5.92 Å². The zero-order chi connectivity index (χ0) is 19.8. The summed E-state index contributed by atoms with van der Waals surface area (Å²) in [5, 5.41) is 3.19. The van der Waals surface area contributed by atoms with Crippen molar-refractivity contribution in [3.63, 3.8) is 0 Å². The maximum atomic E-state index is 11.9. The van der Waals surface area contributed by atoms with Crippen LogP contribution in [0.3, 0.4) is 0 Å². The Bertz CT molecular complexity index is 810. The summed E-state index contributed by atoms with van der Waals surface area (Å²) in [7, 11) is 1.26. The molecule has 7 nitrogen and oxygen atoms in total. The number of carbonyl (C=O) groups excluding carboxylic acids is 3. The van der Waals surface area contributed by atoms with Crippen LogP contribution in [0.25, 0.3) is 16.3 Å². The standard InChI is InChI=1S/C19H22N2O5S/c1-12(2)10-14(19(24)25-3)20-16(22)11-26-18(23)9-8-17-21-13-6-4-5-7-15(13)27-17/h4-9,12,14H,10-11H2,1-3H3,(H,20,22)/b9-8+/t14-/m0/s1. The van der Waals surface area contributed by atoms with Crippen LogP contribution in [0.5, 0.6) is 0 Å². The van der Waals surface area contributed by atoms with E-state index in [1.165, 1.54) is 24.5 Å². The number of esters is 2. The van der Waals surface area contributed by atoms with Gasteiger partial charge in [0.15, 0.2) is 6.61 Å². The summed E-state index contributed by atoms with van der Waals surface area (Å²) in [5.41, 5.74) is 0.855. The lowest BCUT2D eigenvalue weighted by molar-refractivity contribution is -0.148. The minimum atomic E-state index is -0.764. The molecule has 8 heteroatoms. The Morgan fingerprint density at radius 3 is 2.67 bits per heavy atom. The van der Waals surface area contributed by atoms with Gasteiger partial charge in [-0.15, -0.1) is 11.3 Å². The van der Waals surface area contributed by atoms with E-state index in [4.69, 9.17) is 4.74 Å². The lowest BCUT2D eigenvalue weighted by Gasteiger charge is -2.18. The molecule has 0 aliphatic rings. The van der Waals surface area contributed by atoms with E-state index >= 15 is 0 Å². The Morgan fingerprint density at radius 1 is 1.26 bits per heavy atom. The van der Waals surface area contributed by atoms with Gasteiger partial charge in [-0.3, -0.25) is 4.79 Å². The molecule has 1 atom stereocenters. The van der Waals surface area contributed by atoms with Crippen LogP contribution >= 0.6 is 11.3 Å². The zero-order valence-electron chi connectivity index (χ0n) is 15.4. The first-order valence-corrected chi connectivity index (χ1v) is 9.28. The molecule has 1 amide bonds. The molecule has 0 spiro atoms. The molecule has 1 N–H and O–H groups in total. The Balaban J connectivity index is 1.84. The number of rotatable bonds is 8. The van der Waals surface area contributed by atoms with Crippen molar-refractivity contribution >= 4 is 45.5 Å². The number of carbonyl (C=O) groups is 3. The Kier molecular flexibility index (Phi) is 7.48. The lowest BCUT2D eigenvalue weighted by atomic mass is 10.0. The average Bonchev–Trinajstić information content (AvgIpc) is 3.06. The number of amides is 1. The van der Waals surface area contributed by atoms with Crippen molar-refractivity contribution in [2.75, 3.05) is 13.7 Å². The van der Waals surface area contributed by atoms with Crippen molar-refractivity contribution in [2.24, 2.45) is 5.92 Å². The van der Waals surface area contributed by atoms with E-state index in [0.717, 1.165) is 10.2 Å². The molecule has 0 aliphatic heterocycles. The second kappa shape index (κ2) is 9.82. The van der Waals surface area contributed by atoms with Gasteiger partial charge in [-0.05, 0) is 30.5 Å². The fourth-order valence-corrected chi connectivity index (χ4v) is 3.22. The SMILES string of the molecule is COC(=O)[C@H](CC(C)C)NC(=O)COC(=O)/C=C/c1nc2ccccc2s1. The third-order valence-electron chi connectivity index (χ3n) is 3.55. The molecule has 1 aromatic heterocycles. The minimum absolute atomic E-state index is 0.189. The number of hydrogen-bond acceptors (Lipinski definition) is 7. The van der Waals surface area contributed by atoms with Crippen LogP contribution in [0.4, 0.5) is 0 Å². The summed E-state index contributed by atoms with van der Waals surface area (Å²) >= 11 is 1.45. The lowest BCUT2D eigenvalue weighted by Crippen LogP contribution is -2.44. The van der Waals surface area contributed by atoms with E-state index < -0.39 is 30.5 Å². The molecular weight excluding hydrogens is 368 g/mol. The molecule has 0 aliphatic carbocycles. The monoisotopic (exact) mass is 390 g/mol. The quantitative estimate of drug-likeness (QED) is 0.550. The molecule has 2 rings (SSSR count). The molecule has 1 aromatic carbocycles. The summed E-state index contributed by atoms with van der Waals surface area (Å²) < 4.78 is 10.6. The highest BCUT2D eigenvalue weighted by atomic mass is 32.1. The van der Waals surface area contributed by atoms with E-state index in [0.29, 0.717) is 11.4 Å². The van der Waals surface area contributed by atoms with Crippen molar-refractivity contribution in [3.05, 3.63) is 35.3 Å². The maximum absolute atomic E-state index is 11.9. The molecule has 27 heavy (non-hydrogen) atoms. The van der Waals surface area contributed by atoms with Gasteiger partial charge in [-0.2, -0.15) is 0 Å². The number of nitrogens with one attached hydrogen (secondary N) is 1. The third-order valence-corrected chi connectivity index (χ3v) is 4.55. The van der Waals surface area contributed by atoms with E-state index in [9.17, 15) is 14.4 Å². The number of ether oxygens (including phenoxy) is 2. The van der Waals surface area contributed by atoms with Crippen molar-refractivity contribution < 1.29 is 23.9 Å². The largest absolute Gasteiger partial charge is 0.467 e. The Hall–Kier alpha value is -2.74. The van der Waals surface area contributed by atoms with Gasteiger partial charge in [-0.25, -0.2) is 14.6 Å². The van der Waals surface area contributed by atoms with Crippen molar-refractivity contribution in [3.8, 4) is 0 Å². The van der Waals surface area contributed by atoms with Crippen molar-refractivity contribution in [1.29, 1.82) is 0 Å². The second-order valence-electron chi connectivity index (χ2n) is 6.23. The summed E-state index contributed by atoms with van der Waals surface area (Å²) in [6, 6.07) is 6.88. The summed E-state index contributed by atoms with van der Waals surface area (Å²) in [5.74, 6) is -1.57. The maximum Gasteiger partial charge on any atom is 0.331 e. The number of benzene rings is 1. The van der Waals surface area contributed by atoms with Gasteiger partial charge in [0.2, 0.25) is 0 Å². The number of hydrogen-bond donors (Lipinski definition) is 1. The predicted octanol–water partition coefficient (Wildman–Crippen LogP) is 2.56. The third kappa shape index (κ3) is 6.49. The molecule has 0 saturated carbocycles. The molecule has 2 aromatic rings. The number of fused-ring (bicyclic) bond motifs is 1. The highest BCUT2D eigenvalue weighted by Crippen LogP contribution is 2.22. The van der Waals surface area contributed by atoms with E-state index in [1.807, 2.05) is 38.1 Å². The summed E-state index contributed by atoms with van der Waals surface area (Å²) in [6.45, 7) is 3.37. The molecule has 0 bridgehead atoms. The second-order valence-corrected chi connectivity index (χ2v) is 7.30. The molecular formula is C19H22N2O5S. The first-order valence-electron chi connectivity index (χ1n) is 8.46. The topological polar surface area (TPSA) is 94.6 Å². The highest BCUT2D eigenvalue weighted by molar-refractivity contribution is 7.19. The summed E-state index contributed by atoms with van der Waals surface area (Å²) in [4.78, 5) is 39.8. The van der Waals surface area contributed by atoms with Crippen LogP contribution in [0, 0.1) is 5.92 Å². The molecule has 0 unspecified atom stereocenters. The number of aromatic nitrogens is 1. The minimum Gasteiger partial charge on any atom is -0.467 e.